The summed E-state index contributed by atoms with van der Waals surface area (Å²) >= 11 is 0. The van der Waals surface area contributed by atoms with Crippen molar-refractivity contribution < 1.29 is 9.59 Å². The minimum atomic E-state index is -0.567. The Balaban J connectivity index is 1.81. The van der Waals surface area contributed by atoms with Crippen LogP contribution in [-0.2, 0) is 9.59 Å². The normalized spacial score (nSPS) is 15.7. The molecule has 1 saturated carbocycles. The summed E-state index contributed by atoms with van der Waals surface area (Å²) in [5.41, 5.74) is 0.774. The van der Waals surface area contributed by atoms with Crippen LogP contribution in [0.3, 0.4) is 0 Å². The molecule has 1 fully saturated rings. The molecule has 2 amide bonds. The van der Waals surface area contributed by atoms with Gasteiger partial charge in [0.25, 0.3) is 5.91 Å². The highest BCUT2D eigenvalue weighted by molar-refractivity contribution is 5.97. The van der Waals surface area contributed by atoms with Crippen molar-refractivity contribution in [2.24, 2.45) is 0 Å². The van der Waals surface area contributed by atoms with E-state index in [-0.39, 0.29) is 11.9 Å². The van der Waals surface area contributed by atoms with Crippen LogP contribution in [0.1, 0.15) is 38.2 Å². The van der Waals surface area contributed by atoms with Gasteiger partial charge in [0.05, 0.1) is 0 Å². The van der Waals surface area contributed by atoms with E-state index in [1.165, 1.54) is 0 Å². The van der Waals surface area contributed by atoms with Crippen molar-refractivity contribution in [3.05, 3.63) is 35.9 Å². The number of hydrogen-bond acceptors (Lipinski definition) is 2. The molecule has 0 heterocycles. The molecule has 110 valence electrons. The van der Waals surface area contributed by atoms with Crippen LogP contribution in [0.2, 0.25) is 0 Å². The fourth-order valence-corrected chi connectivity index (χ4v) is 2.35. The van der Waals surface area contributed by atoms with E-state index in [9.17, 15) is 9.59 Å². The third-order valence-corrected chi connectivity index (χ3v) is 3.54. The molecule has 4 nitrogen and oxygen atoms in total. The van der Waals surface area contributed by atoms with Crippen molar-refractivity contribution in [1.82, 2.24) is 10.6 Å². The lowest BCUT2D eigenvalue weighted by molar-refractivity contribution is -0.126. The maximum absolute atomic E-state index is 11.9. The predicted octanol–water partition coefficient (Wildman–Crippen LogP) is 1.60. The first-order chi connectivity index (χ1) is 10.1. The molecule has 2 rings (SSSR count). The topological polar surface area (TPSA) is 58.2 Å². The third-order valence-electron chi connectivity index (χ3n) is 3.54. The van der Waals surface area contributed by atoms with Gasteiger partial charge in [0.15, 0.2) is 0 Å². The second-order valence-corrected chi connectivity index (χ2v) is 5.30. The fourth-order valence-electron chi connectivity index (χ4n) is 2.35. The zero-order valence-electron chi connectivity index (χ0n) is 12.2. The van der Waals surface area contributed by atoms with Crippen LogP contribution in [0.25, 0.3) is 0 Å². The summed E-state index contributed by atoms with van der Waals surface area (Å²) in [6.45, 7) is 1.67. The Kier molecular flexibility index (Phi) is 5.39. The molecule has 21 heavy (non-hydrogen) atoms. The minimum Gasteiger partial charge on any atom is -0.352 e. The van der Waals surface area contributed by atoms with E-state index in [1.54, 1.807) is 6.92 Å². The molecule has 1 aliphatic rings. The summed E-state index contributed by atoms with van der Waals surface area (Å²) in [6, 6.07) is 8.96. The van der Waals surface area contributed by atoms with Gasteiger partial charge in [-0.05, 0) is 31.9 Å². The van der Waals surface area contributed by atoms with Crippen molar-refractivity contribution in [2.45, 2.75) is 44.7 Å². The van der Waals surface area contributed by atoms with Crippen LogP contribution in [0.4, 0.5) is 0 Å². The number of carbonyl (C=O) groups excluding carboxylic acids is 2. The molecule has 0 aliphatic heterocycles. The average Bonchev–Trinajstić information content (AvgIpc) is 2.99. The van der Waals surface area contributed by atoms with E-state index in [2.05, 4.69) is 22.5 Å². The number of amides is 2. The van der Waals surface area contributed by atoms with Crippen LogP contribution in [-0.4, -0.2) is 23.9 Å². The van der Waals surface area contributed by atoms with Crippen LogP contribution in [0, 0.1) is 11.8 Å². The van der Waals surface area contributed by atoms with E-state index < -0.39 is 11.9 Å². The van der Waals surface area contributed by atoms with Gasteiger partial charge in [0, 0.05) is 17.5 Å². The van der Waals surface area contributed by atoms with Crippen molar-refractivity contribution in [1.29, 1.82) is 0 Å². The second-order valence-electron chi connectivity index (χ2n) is 5.30. The molecule has 1 unspecified atom stereocenters. The van der Waals surface area contributed by atoms with Gasteiger partial charge in [-0.25, -0.2) is 0 Å². The maximum Gasteiger partial charge on any atom is 0.296 e. The first-order valence-corrected chi connectivity index (χ1v) is 7.33. The van der Waals surface area contributed by atoms with Crippen LogP contribution in [0.15, 0.2) is 30.3 Å². The molecule has 0 aromatic heterocycles. The van der Waals surface area contributed by atoms with Gasteiger partial charge in [-0.15, -0.1) is 0 Å². The quantitative estimate of drug-likeness (QED) is 0.828. The largest absolute Gasteiger partial charge is 0.352 e. The fraction of sp³-hybridized carbons (Fsp3) is 0.412. The molecule has 4 heteroatoms. The van der Waals surface area contributed by atoms with Gasteiger partial charge in [-0.3, -0.25) is 9.59 Å². The van der Waals surface area contributed by atoms with E-state index >= 15 is 0 Å². The lowest BCUT2D eigenvalue weighted by Gasteiger charge is -2.16. The van der Waals surface area contributed by atoms with Crippen LogP contribution >= 0.6 is 0 Å². The molecular formula is C17H20N2O2. The van der Waals surface area contributed by atoms with Crippen LogP contribution in [0.5, 0.6) is 0 Å². The number of rotatable bonds is 3. The number of benzene rings is 1. The molecule has 1 aromatic carbocycles. The highest BCUT2D eigenvalue weighted by Gasteiger charge is 2.21. The Bertz CT molecular complexity index is 551. The van der Waals surface area contributed by atoms with Crippen molar-refractivity contribution in [3.63, 3.8) is 0 Å². The van der Waals surface area contributed by atoms with Crippen molar-refractivity contribution in [2.75, 3.05) is 0 Å². The number of hydrogen-bond donors (Lipinski definition) is 2. The summed E-state index contributed by atoms with van der Waals surface area (Å²) in [7, 11) is 0. The van der Waals surface area contributed by atoms with E-state index in [4.69, 9.17) is 0 Å². The molecule has 1 aliphatic carbocycles. The highest BCUT2D eigenvalue weighted by Crippen LogP contribution is 2.17. The lowest BCUT2D eigenvalue weighted by Crippen LogP contribution is -2.47. The molecule has 0 radical (unpaired) electrons. The van der Waals surface area contributed by atoms with Gasteiger partial charge in [0.1, 0.15) is 6.04 Å². The standard InChI is InChI=1S/C17H20N2O2/c1-13(17(21)19-15-9-5-6-10-15)18-16(20)12-11-14-7-3-2-4-8-14/h2-4,7-8,13,15H,5-6,9-10H2,1H3,(H,18,20)(H,19,21). The SMILES string of the molecule is CC(NC(=O)C#Cc1ccccc1)C(=O)NC1CCCC1. The van der Waals surface area contributed by atoms with Gasteiger partial charge >= 0.3 is 0 Å². The van der Waals surface area contributed by atoms with Crippen LogP contribution < -0.4 is 10.6 Å². The highest BCUT2D eigenvalue weighted by atomic mass is 16.2. The Morgan fingerprint density at radius 3 is 2.52 bits per heavy atom. The third kappa shape index (κ3) is 4.96. The molecule has 1 aromatic rings. The molecule has 0 saturated heterocycles. The first-order valence-electron chi connectivity index (χ1n) is 7.33. The zero-order chi connectivity index (χ0) is 15.1. The predicted molar refractivity (Wildman–Crippen MR) is 81.3 cm³/mol. The smallest absolute Gasteiger partial charge is 0.296 e. The molecular weight excluding hydrogens is 264 g/mol. The molecule has 0 spiro atoms. The summed E-state index contributed by atoms with van der Waals surface area (Å²) in [6.07, 6.45) is 4.38. The summed E-state index contributed by atoms with van der Waals surface area (Å²) in [5, 5.41) is 5.56. The Morgan fingerprint density at radius 1 is 1.19 bits per heavy atom. The monoisotopic (exact) mass is 284 g/mol. The second kappa shape index (κ2) is 7.49. The maximum atomic E-state index is 11.9. The first kappa shape index (κ1) is 15.1. The lowest BCUT2D eigenvalue weighted by atomic mass is 10.2. The van der Waals surface area contributed by atoms with Gasteiger partial charge in [-0.2, -0.15) is 0 Å². The van der Waals surface area contributed by atoms with E-state index in [0.717, 1.165) is 31.2 Å². The molecule has 0 bridgehead atoms. The van der Waals surface area contributed by atoms with Crippen molar-refractivity contribution >= 4 is 11.8 Å². The van der Waals surface area contributed by atoms with Crippen molar-refractivity contribution in [3.8, 4) is 11.8 Å². The Labute approximate surface area is 125 Å². The summed E-state index contributed by atoms with van der Waals surface area (Å²) in [4.78, 5) is 23.6. The number of carbonyl (C=O) groups is 2. The van der Waals surface area contributed by atoms with Gasteiger partial charge in [-0.1, -0.05) is 37.0 Å². The molecule has 1 atom stereocenters. The molecule has 2 N–H and O–H groups in total. The summed E-state index contributed by atoms with van der Waals surface area (Å²) in [5.74, 6) is 4.69. The van der Waals surface area contributed by atoms with Gasteiger partial charge in [0.2, 0.25) is 5.91 Å². The van der Waals surface area contributed by atoms with E-state index in [1.807, 2.05) is 30.3 Å². The number of nitrogens with one attached hydrogen (secondary N) is 2. The Morgan fingerprint density at radius 2 is 1.86 bits per heavy atom. The Hall–Kier alpha value is -2.28. The zero-order valence-corrected chi connectivity index (χ0v) is 12.2. The average molecular weight is 284 g/mol. The minimum absolute atomic E-state index is 0.142. The summed E-state index contributed by atoms with van der Waals surface area (Å²) < 4.78 is 0. The van der Waals surface area contributed by atoms with Gasteiger partial charge < -0.3 is 10.6 Å². The van der Waals surface area contributed by atoms with E-state index in [0.29, 0.717) is 0 Å².